The van der Waals surface area contributed by atoms with Crippen LogP contribution in [0, 0.1) is 0 Å². The van der Waals surface area contributed by atoms with Gasteiger partial charge < -0.3 is 10.0 Å². The zero-order valence-corrected chi connectivity index (χ0v) is 14.1. The maximum absolute atomic E-state index is 12.0. The number of sulfonamides is 1. The summed E-state index contributed by atoms with van der Waals surface area (Å²) in [7, 11) is -1.56. The Kier molecular flexibility index (Phi) is 6.79. The average Bonchev–Trinajstić information content (AvgIpc) is 2.88. The Bertz CT molecular complexity index is 566. The second-order valence-electron chi connectivity index (χ2n) is 5.10. The van der Waals surface area contributed by atoms with Crippen LogP contribution in [-0.4, -0.2) is 50.6 Å². The van der Waals surface area contributed by atoms with Gasteiger partial charge in [0.1, 0.15) is 9.09 Å². The van der Waals surface area contributed by atoms with Crippen LogP contribution in [0.3, 0.4) is 0 Å². The highest BCUT2D eigenvalue weighted by atomic mass is 32.2. The summed E-state index contributed by atoms with van der Waals surface area (Å²) in [5.41, 5.74) is 0. The van der Waals surface area contributed by atoms with E-state index in [2.05, 4.69) is 23.5 Å². The van der Waals surface area contributed by atoms with Gasteiger partial charge in [-0.05, 0) is 52.4 Å². The largest absolute Gasteiger partial charge is 0.477 e. The highest BCUT2D eigenvalue weighted by molar-refractivity contribution is 7.91. The zero-order valence-electron chi connectivity index (χ0n) is 12.5. The number of carboxylic acids is 1. The molecule has 6 nitrogen and oxygen atoms in total. The molecule has 0 radical (unpaired) electrons. The molecule has 0 saturated heterocycles. The number of nitrogens with one attached hydrogen (secondary N) is 1. The van der Waals surface area contributed by atoms with Crippen LogP contribution in [0.2, 0.25) is 0 Å². The molecule has 21 heavy (non-hydrogen) atoms. The van der Waals surface area contributed by atoms with E-state index in [-0.39, 0.29) is 9.09 Å². The van der Waals surface area contributed by atoms with E-state index < -0.39 is 16.0 Å². The van der Waals surface area contributed by atoms with Gasteiger partial charge in [-0.1, -0.05) is 0 Å². The van der Waals surface area contributed by atoms with Crippen LogP contribution in [0.25, 0.3) is 0 Å². The first kappa shape index (κ1) is 18.1. The van der Waals surface area contributed by atoms with Gasteiger partial charge in [0, 0.05) is 12.6 Å². The van der Waals surface area contributed by atoms with Gasteiger partial charge in [-0.3, -0.25) is 0 Å². The van der Waals surface area contributed by atoms with Gasteiger partial charge in [-0.2, -0.15) is 0 Å². The van der Waals surface area contributed by atoms with E-state index in [1.54, 1.807) is 0 Å². The SMILES string of the molecule is CC(C)N(C)CCCCNS(=O)(=O)c1ccc(C(=O)O)s1. The van der Waals surface area contributed by atoms with Crippen LogP contribution in [0.4, 0.5) is 0 Å². The van der Waals surface area contributed by atoms with Gasteiger partial charge in [0.15, 0.2) is 0 Å². The summed E-state index contributed by atoms with van der Waals surface area (Å²) >= 11 is 0.762. The highest BCUT2D eigenvalue weighted by Gasteiger charge is 2.18. The smallest absolute Gasteiger partial charge is 0.345 e. The maximum atomic E-state index is 12.0. The van der Waals surface area contributed by atoms with Crippen LogP contribution in [0.15, 0.2) is 16.3 Å². The molecule has 1 heterocycles. The zero-order chi connectivity index (χ0) is 16.0. The number of nitrogens with zero attached hydrogens (tertiary/aromatic N) is 1. The fraction of sp³-hybridized carbons (Fsp3) is 0.615. The van der Waals surface area contributed by atoms with Crippen molar-refractivity contribution in [3.05, 3.63) is 17.0 Å². The van der Waals surface area contributed by atoms with E-state index >= 15 is 0 Å². The number of rotatable bonds is 9. The first-order valence-corrected chi connectivity index (χ1v) is 9.07. The van der Waals surface area contributed by atoms with Gasteiger partial charge in [0.25, 0.3) is 0 Å². The lowest BCUT2D eigenvalue weighted by atomic mass is 10.2. The van der Waals surface area contributed by atoms with Crippen molar-refractivity contribution < 1.29 is 18.3 Å². The first-order chi connectivity index (χ1) is 9.74. The minimum absolute atomic E-state index is 0.0222. The van der Waals surface area contributed by atoms with Crippen molar-refractivity contribution in [1.82, 2.24) is 9.62 Å². The molecule has 0 aliphatic carbocycles. The second-order valence-corrected chi connectivity index (χ2v) is 8.18. The van der Waals surface area contributed by atoms with Crippen LogP contribution in [0.1, 0.15) is 36.4 Å². The predicted octanol–water partition coefficient (Wildman–Crippen LogP) is 1.84. The Hall–Kier alpha value is -0.960. The summed E-state index contributed by atoms with van der Waals surface area (Å²) in [5.74, 6) is -1.11. The number of hydrogen-bond donors (Lipinski definition) is 2. The van der Waals surface area contributed by atoms with Crippen LogP contribution in [-0.2, 0) is 10.0 Å². The number of unbranched alkanes of at least 4 members (excludes halogenated alkanes) is 1. The lowest BCUT2D eigenvalue weighted by Gasteiger charge is -2.20. The van der Waals surface area contributed by atoms with Gasteiger partial charge >= 0.3 is 5.97 Å². The molecule has 2 N–H and O–H groups in total. The van der Waals surface area contributed by atoms with E-state index in [0.717, 1.165) is 30.7 Å². The van der Waals surface area contributed by atoms with Gasteiger partial charge in [-0.15, -0.1) is 11.3 Å². The number of carboxylic acid groups (broad SMARTS) is 1. The summed E-state index contributed by atoms with van der Waals surface area (Å²) < 4.78 is 26.5. The predicted molar refractivity (Wildman–Crippen MR) is 83.5 cm³/mol. The van der Waals surface area contributed by atoms with Crippen LogP contribution < -0.4 is 4.72 Å². The molecule has 1 aromatic rings. The normalized spacial score (nSPS) is 12.2. The van der Waals surface area contributed by atoms with Gasteiger partial charge in [0.2, 0.25) is 10.0 Å². The van der Waals surface area contributed by atoms with E-state index in [1.807, 2.05) is 7.05 Å². The number of aromatic carboxylic acids is 1. The topological polar surface area (TPSA) is 86.7 Å². The molecular weight excluding hydrogens is 312 g/mol. The average molecular weight is 334 g/mol. The van der Waals surface area contributed by atoms with E-state index in [9.17, 15) is 13.2 Å². The van der Waals surface area contributed by atoms with Gasteiger partial charge in [-0.25, -0.2) is 17.9 Å². The molecule has 0 amide bonds. The number of thiophene rings is 1. The molecule has 0 aromatic carbocycles. The fourth-order valence-corrected chi connectivity index (χ4v) is 3.87. The molecule has 1 aromatic heterocycles. The van der Waals surface area contributed by atoms with Crippen molar-refractivity contribution in [1.29, 1.82) is 0 Å². The summed E-state index contributed by atoms with van der Waals surface area (Å²) in [5, 5.41) is 8.80. The summed E-state index contributed by atoms with van der Waals surface area (Å²) in [4.78, 5) is 13.0. The van der Waals surface area contributed by atoms with Crippen molar-refractivity contribution in [3.63, 3.8) is 0 Å². The molecule has 0 aliphatic rings. The Labute approximate surface area is 129 Å². The number of carbonyl (C=O) groups is 1. The summed E-state index contributed by atoms with van der Waals surface area (Å²) in [6.45, 7) is 5.50. The summed E-state index contributed by atoms with van der Waals surface area (Å²) in [6, 6.07) is 3.10. The van der Waals surface area contributed by atoms with E-state index in [1.165, 1.54) is 12.1 Å². The fourth-order valence-electron chi connectivity index (χ4n) is 1.60. The van der Waals surface area contributed by atoms with E-state index in [0.29, 0.717) is 12.6 Å². The van der Waals surface area contributed by atoms with Crippen molar-refractivity contribution >= 4 is 27.3 Å². The molecule has 0 spiro atoms. The lowest BCUT2D eigenvalue weighted by Crippen LogP contribution is -2.28. The molecule has 0 atom stereocenters. The first-order valence-electron chi connectivity index (χ1n) is 6.77. The maximum Gasteiger partial charge on any atom is 0.345 e. The third kappa shape index (κ3) is 5.74. The van der Waals surface area contributed by atoms with Crippen molar-refractivity contribution in [2.45, 2.75) is 36.9 Å². The minimum atomic E-state index is -3.60. The Morgan fingerprint density at radius 3 is 2.57 bits per heavy atom. The minimum Gasteiger partial charge on any atom is -0.477 e. The monoisotopic (exact) mass is 334 g/mol. The number of hydrogen-bond acceptors (Lipinski definition) is 5. The Morgan fingerprint density at radius 2 is 2.05 bits per heavy atom. The molecule has 1 rings (SSSR count). The molecule has 0 aliphatic heterocycles. The molecule has 120 valence electrons. The van der Waals surface area contributed by atoms with Crippen LogP contribution in [0.5, 0.6) is 0 Å². The standard InChI is InChI=1S/C13H22N2O4S2/c1-10(2)15(3)9-5-4-8-14-21(18,19)12-7-6-11(20-12)13(16)17/h6-7,10,14H,4-5,8-9H2,1-3H3,(H,16,17). The molecule has 0 fully saturated rings. The quantitative estimate of drug-likeness (QED) is 0.673. The molecule has 0 saturated carbocycles. The third-order valence-electron chi connectivity index (χ3n) is 3.17. The molecule has 0 bridgehead atoms. The van der Waals surface area contributed by atoms with Gasteiger partial charge in [0.05, 0.1) is 0 Å². The molecule has 0 unspecified atom stereocenters. The Balaban J connectivity index is 2.41. The molecular formula is C13H22N2O4S2. The highest BCUT2D eigenvalue weighted by Crippen LogP contribution is 2.21. The second kappa shape index (κ2) is 7.88. The van der Waals surface area contributed by atoms with Crippen molar-refractivity contribution in [2.75, 3.05) is 20.1 Å². The van der Waals surface area contributed by atoms with Crippen LogP contribution >= 0.6 is 11.3 Å². The third-order valence-corrected chi connectivity index (χ3v) is 6.19. The lowest BCUT2D eigenvalue weighted by molar-refractivity contribution is 0.0702. The molecule has 8 heteroatoms. The van der Waals surface area contributed by atoms with E-state index in [4.69, 9.17) is 5.11 Å². The van der Waals surface area contributed by atoms with Crippen molar-refractivity contribution in [2.24, 2.45) is 0 Å². The Morgan fingerprint density at radius 1 is 1.38 bits per heavy atom. The summed E-state index contributed by atoms with van der Waals surface area (Å²) in [6.07, 6.45) is 1.65. The van der Waals surface area contributed by atoms with Crippen molar-refractivity contribution in [3.8, 4) is 0 Å².